The third-order valence-corrected chi connectivity index (χ3v) is 4.78. The first kappa shape index (κ1) is 23.4. The monoisotopic (exact) mass is 513 g/mol. The summed E-state index contributed by atoms with van der Waals surface area (Å²) in [5, 5.41) is 14.0. The number of benzene rings is 1. The first-order valence-corrected chi connectivity index (χ1v) is 10.1. The zero-order chi connectivity index (χ0) is 19.6. The maximum atomic E-state index is 5.19. The van der Waals surface area contributed by atoms with E-state index in [2.05, 4.69) is 42.6 Å². The topological polar surface area (TPSA) is 90.5 Å². The van der Waals surface area contributed by atoms with Crippen molar-refractivity contribution in [2.24, 2.45) is 4.99 Å². The molecule has 3 rings (SSSR count). The molecule has 2 aromatic rings. The van der Waals surface area contributed by atoms with E-state index in [4.69, 9.17) is 4.74 Å². The highest BCUT2D eigenvalue weighted by atomic mass is 127. The Bertz CT molecular complexity index is 742. The number of methoxy groups -OCH3 is 1. The van der Waals surface area contributed by atoms with Crippen LogP contribution >= 0.6 is 24.0 Å². The van der Waals surface area contributed by atoms with Crippen LogP contribution < -0.4 is 15.4 Å². The molecule has 1 aliphatic heterocycles. The Kier molecular flexibility index (Phi) is 10.2. The summed E-state index contributed by atoms with van der Waals surface area (Å²) < 4.78 is 5.19. The quantitative estimate of drug-likeness (QED) is 0.286. The van der Waals surface area contributed by atoms with E-state index in [1.54, 1.807) is 7.11 Å². The number of ether oxygens (including phenoxy) is 1. The van der Waals surface area contributed by atoms with Gasteiger partial charge in [0.05, 0.1) is 7.11 Å². The normalized spacial score (nSPS) is 14.9. The molecular formula is C20H32IN7O. The molecule has 160 valence electrons. The van der Waals surface area contributed by atoms with E-state index in [0.29, 0.717) is 12.4 Å². The van der Waals surface area contributed by atoms with Crippen LogP contribution in [0.3, 0.4) is 0 Å². The summed E-state index contributed by atoms with van der Waals surface area (Å²) in [6.45, 7) is 7.69. The lowest BCUT2D eigenvalue weighted by Crippen LogP contribution is -2.42. The number of H-pyrrole nitrogens is 1. The first-order valence-electron chi connectivity index (χ1n) is 10.1. The summed E-state index contributed by atoms with van der Waals surface area (Å²) in [7, 11) is 1.65. The highest BCUT2D eigenvalue weighted by molar-refractivity contribution is 14.0. The molecule has 9 heteroatoms. The molecule has 0 unspecified atom stereocenters. The fourth-order valence-electron chi connectivity index (χ4n) is 3.25. The van der Waals surface area contributed by atoms with Crippen molar-refractivity contribution in [2.45, 2.75) is 32.7 Å². The lowest BCUT2D eigenvalue weighted by atomic mass is 10.1. The van der Waals surface area contributed by atoms with Gasteiger partial charge < -0.3 is 20.3 Å². The molecule has 0 bridgehead atoms. The molecule has 2 heterocycles. The lowest BCUT2D eigenvalue weighted by molar-refractivity contribution is 0.232. The number of hydrogen-bond donors (Lipinski definition) is 3. The van der Waals surface area contributed by atoms with E-state index < -0.39 is 0 Å². The number of piperidine rings is 1. The number of guanidine groups is 1. The SMILES string of the molecule is CCNC(=NCc1nc(-c2ccc(OC)cc2)n[nH]1)NCCN1CCCCC1.I. The molecule has 0 spiro atoms. The van der Waals surface area contributed by atoms with Gasteiger partial charge in [-0.25, -0.2) is 9.98 Å². The number of nitrogens with one attached hydrogen (secondary N) is 3. The molecule has 8 nitrogen and oxygen atoms in total. The van der Waals surface area contributed by atoms with Crippen molar-refractivity contribution in [3.05, 3.63) is 30.1 Å². The number of rotatable bonds is 8. The molecule has 1 aliphatic rings. The predicted molar refractivity (Wildman–Crippen MR) is 127 cm³/mol. The van der Waals surface area contributed by atoms with Crippen LogP contribution in [0.1, 0.15) is 32.0 Å². The molecule has 1 fully saturated rings. The number of nitrogens with zero attached hydrogens (tertiary/aromatic N) is 4. The Morgan fingerprint density at radius 3 is 2.62 bits per heavy atom. The molecule has 29 heavy (non-hydrogen) atoms. The number of aromatic amines is 1. The molecular weight excluding hydrogens is 481 g/mol. The van der Waals surface area contributed by atoms with E-state index in [-0.39, 0.29) is 24.0 Å². The van der Waals surface area contributed by atoms with Gasteiger partial charge in [-0.1, -0.05) is 6.42 Å². The van der Waals surface area contributed by atoms with Gasteiger partial charge in [0.2, 0.25) is 0 Å². The minimum atomic E-state index is 0. The average molecular weight is 513 g/mol. The zero-order valence-electron chi connectivity index (χ0n) is 17.3. The van der Waals surface area contributed by atoms with Crippen LogP contribution in [0.4, 0.5) is 0 Å². The Balaban J connectivity index is 0.00000300. The maximum Gasteiger partial charge on any atom is 0.191 e. The van der Waals surface area contributed by atoms with Crippen LogP contribution in [0.5, 0.6) is 5.75 Å². The Labute approximate surface area is 189 Å². The summed E-state index contributed by atoms with van der Waals surface area (Å²) in [6, 6.07) is 7.70. The number of aromatic nitrogens is 3. The average Bonchev–Trinajstić information content (AvgIpc) is 3.22. The van der Waals surface area contributed by atoms with Crippen molar-refractivity contribution in [3.8, 4) is 17.1 Å². The molecule has 1 aromatic carbocycles. The Morgan fingerprint density at radius 2 is 1.93 bits per heavy atom. The maximum absolute atomic E-state index is 5.19. The van der Waals surface area contributed by atoms with Gasteiger partial charge in [-0.2, -0.15) is 5.10 Å². The number of aliphatic imine (C=N–C) groups is 1. The zero-order valence-corrected chi connectivity index (χ0v) is 19.6. The largest absolute Gasteiger partial charge is 0.497 e. The molecule has 0 radical (unpaired) electrons. The summed E-state index contributed by atoms with van der Waals surface area (Å²) >= 11 is 0. The summed E-state index contributed by atoms with van der Waals surface area (Å²) in [4.78, 5) is 11.7. The van der Waals surface area contributed by atoms with E-state index in [0.717, 1.165) is 42.7 Å². The van der Waals surface area contributed by atoms with E-state index in [1.807, 2.05) is 24.3 Å². The van der Waals surface area contributed by atoms with Crippen LogP contribution in [0.2, 0.25) is 0 Å². The van der Waals surface area contributed by atoms with Gasteiger partial charge in [-0.15, -0.1) is 24.0 Å². The molecule has 0 amide bonds. The Hall–Kier alpha value is -1.88. The van der Waals surface area contributed by atoms with Gasteiger partial charge in [-0.3, -0.25) is 5.10 Å². The van der Waals surface area contributed by atoms with E-state index >= 15 is 0 Å². The molecule has 0 saturated carbocycles. The first-order chi connectivity index (χ1) is 13.8. The highest BCUT2D eigenvalue weighted by Crippen LogP contribution is 2.19. The van der Waals surface area contributed by atoms with E-state index in [1.165, 1.54) is 32.4 Å². The van der Waals surface area contributed by atoms with Crippen LogP contribution in [-0.2, 0) is 6.54 Å². The second-order valence-electron chi connectivity index (χ2n) is 6.86. The minimum absolute atomic E-state index is 0. The van der Waals surface area contributed by atoms with Gasteiger partial charge in [-0.05, 0) is 57.1 Å². The fourth-order valence-corrected chi connectivity index (χ4v) is 3.25. The van der Waals surface area contributed by atoms with Gasteiger partial charge in [0, 0.05) is 25.2 Å². The molecule has 0 atom stereocenters. The lowest BCUT2D eigenvalue weighted by Gasteiger charge is -2.26. The van der Waals surface area contributed by atoms with Gasteiger partial charge in [0.1, 0.15) is 18.1 Å². The van der Waals surface area contributed by atoms with Crippen molar-refractivity contribution >= 4 is 29.9 Å². The van der Waals surface area contributed by atoms with Crippen molar-refractivity contribution in [3.63, 3.8) is 0 Å². The van der Waals surface area contributed by atoms with Crippen molar-refractivity contribution < 1.29 is 4.74 Å². The van der Waals surface area contributed by atoms with Crippen LogP contribution in [0.15, 0.2) is 29.3 Å². The number of halogens is 1. The van der Waals surface area contributed by atoms with Crippen LogP contribution in [0.25, 0.3) is 11.4 Å². The standard InChI is InChI=1S/C20H31N7O.HI/c1-3-21-20(22-11-14-27-12-5-4-6-13-27)23-15-18-24-19(26-25-18)16-7-9-17(28-2)10-8-16;/h7-10H,3-6,11-15H2,1-2H3,(H2,21,22,23)(H,24,25,26);1H. The van der Waals surface area contributed by atoms with Gasteiger partial charge >= 0.3 is 0 Å². The van der Waals surface area contributed by atoms with Crippen LogP contribution in [0, 0.1) is 0 Å². The van der Waals surface area contributed by atoms with Gasteiger partial charge in [0.15, 0.2) is 11.8 Å². The van der Waals surface area contributed by atoms with Crippen molar-refractivity contribution in [2.75, 3.05) is 39.8 Å². The summed E-state index contributed by atoms with van der Waals surface area (Å²) in [6.07, 6.45) is 4.00. The number of likely N-dealkylation sites (tertiary alicyclic amines) is 1. The highest BCUT2D eigenvalue weighted by Gasteiger charge is 2.10. The molecule has 1 saturated heterocycles. The van der Waals surface area contributed by atoms with Crippen molar-refractivity contribution in [1.29, 1.82) is 0 Å². The molecule has 3 N–H and O–H groups in total. The third kappa shape index (κ3) is 7.46. The number of hydrogen-bond acceptors (Lipinski definition) is 5. The van der Waals surface area contributed by atoms with Gasteiger partial charge in [0.25, 0.3) is 0 Å². The second kappa shape index (κ2) is 12.6. The second-order valence-corrected chi connectivity index (χ2v) is 6.86. The van der Waals surface area contributed by atoms with E-state index in [9.17, 15) is 0 Å². The predicted octanol–water partition coefficient (Wildman–Crippen LogP) is 2.64. The fraction of sp³-hybridized carbons (Fsp3) is 0.550. The molecule has 0 aliphatic carbocycles. The summed E-state index contributed by atoms with van der Waals surface area (Å²) in [5.41, 5.74) is 0.943. The molecule has 1 aromatic heterocycles. The smallest absolute Gasteiger partial charge is 0.191 e. The van der Waals surface area contributed by atoms with Crippen LogP contribution in [-0.4, -0.2) is 65.9 Å². The minimum Gasteiger partial charge on any atom is -0.497 e. The summed E-state index contributed by atoms with van der Waals surface area (Å²) in [5.74, 6) is 3.02. The van der Waals surface area contributed by atoms with Crippen molar-refractivity contribution in [1.82, 2.24) is 30.7 Å². The Morgan fingerprint density at radius 1 is 1.17 bits per heavy atom. The third-order valence-electron chi connectivity index (χ3n) is 4.78.